The van der Waals surface area contributed by atoms with Gasteiger partial charge in [0.1, 0.15) is 0 Å². The summed E-state index contributed by atoms with van der Waals surface area (Å²) in [7, 11) is 4.07. The van der Waals surface area contributed by atoms with Crippen LogP contribution in [0.1, 0.15) is 49.1 Å². The van der Waals surface area contributed by atoms with Crippen LogP contribution in [-0.4, -0.2) is 45.8 Å². The molecule has 0 aliphatic carbocycles. The second-order valence-electron chi connectivity index (χ2n) is 8.07. The number of fused-ring (bicyclic) bond motifs is 1. The highest BCUT2D eigenvalue weighted by molar-refractivity contribution is 14.0. The molecule has 0 unspecified atom stereocenters. The quantitative estimate of drug-likeness (QED) is 0.271. The number of nitrogens with zero attached hydrogens (tertiary/aromatic N) is 4. The minimum Gasteiger partial charge on any atom is -0.361 e. The maximum Gasteiger partial charge on any atom is 0.193 e. The summed E-state index contributed by atoms with van der Waals surface area (Å²) in [6.07, 6.45) is 5.14. The lowest BCUT2D eigenvalue weighted by atomic mass is 10.1. The number of halogens is 1. The molecule has 30 heavy (non-hydrogen) atoms. The second-order valence-corrected chi connectivity index (χ2v) is 8.07. The summed E-state index contributed by atoms with van der Waals surface area (Å²) >= 11 is 0. The van der Waals surface area contributed by atoms with Crippen molar-refractivity contribution in [3.8, 4) is 0 Å². The number of nitrogens with one attached hydrogen (secondary N) is 2. The highest BCUT2D eigenvalue weighted by Gasteiger charge is 2.15. The third-order valence-corrected chi connectivity index (χ3v) is 5.15. The lowest BCUT2D eigenvalue weighted by Crippen LogP contribution is -2.38. The molecule has 164 valence electrons. The van der Waals surface area contributed by atoms with Gasteiger partial charge in [0, 0.05) is 62.6 Å². The van der Waals surface area contributed by atoms with Gasteiger partial charge in [-0.1, -0.05) is 26.0 Å². The zero-order valence-corrected chi connectivity index (χ0v) is 21.3. The minimum absolute atomic E-state index is 0. The molecular formula is C23H35IN6. The van der Waals surface area contributed by atoms with Crippen molar-refractivity contribution in [2.24, 2.45) is 12.0 Å². The van der Waals surface area contributed by atoms with Crippen molar-refractivity contribution >= 4 is 40.8 Å². The Labute approximate surface area is 197 Å². The van der Waals surface area contributed by atoms with E-state index in [1.54, 1.807) is 0 Å². The van der Waals surface area contributed by atoms with Crippen LogP contribution in [0.5, 0.6) is 0 Å². The van der Waals surface area contributed by atoms with Crippen molar-refractivity contribution in [1.29, 1.82) is 0 Å². The molecule has 0 amide bonds. The third-order valence-electron chi connectivity index (χ3n) is 5.15. The summed E-state index contributed by atoms with van der Waals surface area (Å²) in [5, 5.41) is 9.34. The van der Waals surface area contributed by atoms with Crippen LogP contribution in [-0.2, 0) is 20.0 Å². The average molecular weight is 522 g/mol. The first-order valence-electron chi connectivity index (χ1n) is 10.5. The molecule has 2 heterocycles. The van der Waals surface area contributed by atoms with Gasteiger partial charge >= 0.3 is 0 Å². The Kier molecular flexibility index (Phi) is 8.76. The molecule has 6 nitrogen and oxygen atoms in total. The molecular weight excluding hydrogens is 487 g/mol. The van der Waals surface area contributed by atoms with Crippen molar-refractivity contribution in [3.05, 3.63) is 53.0 Å². The summed E-state index contributed by atoms with van der Waals surface area (Å²) in [4.78, 5) is 10.4. The smallest absolute Gasteiger partial charge is 0.193 e. The zero-order chi connectivity index (χ0) is 21.0. The molecule has 1 aromatic carbocycles. The fourth-order valence-electron chi connectivity index (χ4n) is 3.75. The number of aryl methyl sites for hydroxylation is 2. The SMILES string of the molecule is CCNC(=NCCc1c[nH]c2cc(C)ccc12)N(C)Cc1cn(C)nc1C(C)C.I. The van der Waals surface area contributed by atoms with E-state index in [0.717, 1.165) is 37.7 Å². The van der Waals surface area contributed by atoms with Gasteiger partial charge in [-0.3, -0.25) is 9.67 Å². The highest BCUT2D eigenvalue weighted by Crippen LogP contribution is 2.20. The number of benzene rings is 1. The molecule has 7 heteroatoms. The summed E-state index contributed by atoms with van der Waals surface area (Å²) < 4.78 is 1.90. The first-order chi connectivity index (χ1) is 13.9. The Morgan fingerprint density at radius 2 is 2.07 bits per heavy atom. The Hall–Kier alpha value is -2.03. The van der Waals surface area contributed by atoms with Crippen LogP contribution in [0.25, 0.3) is 10.9 Å². The number of aliphatic imine (C=N–C) groups is 1. The molecule has 2 N–H and O–H groups in total. The molecule has 3 rings (SSSR count). The van der Waals surface area contributed by atoms with Crippen LogP contribution < -0.4 is 5.32 Å². The number of hydrogen-bond donors (Lipinski definition) is 2. The Bertz CT molecular complexity index is 985. The van der Waals surface area contributed by atoms with Gasteiger partial charge < -0.3 is 15.2 Å². The second kappa shape index (κ2) is 10.8. The lowest BCUT2D eigenvalue weighted by molar-refractivity contribution is 0.473. The molecule has 0 bridgehead atoms. The minimum atomic E-state index is 0. The van der Waals surface area contributed by atoms with Crippen molar-refractivity contribution in [3.63, 3.8) is 0 Å². The van der Waals surface area contributed by atoms with E-state index < -0.39 is 0 Å². The van der Waals surface area contributed by atoms with Gasteiger partial charge in [0.2, 0.25) is 0 Å². The van der Waals surface area contributed by atoms with Gasteiger partial charge in [-0.25, -0.2) is 0 Å². The molecule has 0 fully saturated rings. The van der Waals surface area contributed by atoms with Crippen LogP contribution in [0.3, 0.4) is 0 Å². The van der Waals surface area contributed by atoms with E-state index in [1.807, 2.05) is 11.7 Å². The fraction of sp³-hybridized carbons (Fsp3) is 0.478. The maximum atomic E-state index is 4.88. The van der Waals surface area contributed by atoms with Crippen LogP contribution in [0, 0.1) is 6.92 Å². The summed E-state index contributed by atoms with van der Waals surface area (Å²) in [5.74, 6) is 1.34. The number of aromatic nitrogens is 3. The van der Waals surface area contributed by atoms with E-state index in [1.165, 1.54) is 27.6 Å². The molecule has 0 aliphatic rings. The van der Waals surface area contributed by atoms with Crippen molar-refractivity contribution < 1.29 is 0 Å². The standard InChI is InChI=1S/C23H34N6.HI/c1-7-24-23(28(5)14-19-15-29(6)27-22(19)16(2)3)25-11-10-18-13-26-21-12-17(4)8-9-20(18)21;/h8-9,12-13,15-16,26H,7,10-11,14H2,1-6H3,(H,24,25);1H. The monoisotopic (exact) mass is 522 g/mol. The topological polar surface area (TPSA) is 61.2 Å². The Morgan fingerprint density at radius 1 is 1.30 bits per heavy atom. The van der Waals surface area contributed by atoms with E-state index in [-0.39, 0.29) is 24.0 Å². The molecule has 0 spiro atoms. The first-order valence-corrected chi connectivity index (χ1v) is 10.5. The number of hydrogen-bond acceptors (Lipinski definition) is 2. The van der Waals surface area contributed by atoms with Crippen LogP contribution >= 0.6 is 24.0 Å². The first kappa shape index (κ1) is 24.2. The van der Waals surface area contributed by atoms with Gasteiger partial charge in [0.15, 0.2) is 5.96 Å². The van der Waals surface area contributed by atoms with Crippen molar-refractivity contribution in [2.75, 3.05) is 20.1 Å². The molecule has 0 saturated heterocycles. The van der Waals surface area contributed by atoms with Gasteiger partial charge in [0.05, 0.1) is 5.69 Å². The van der Waals surface area contributed by atoms with Gasteiger partial charge in [0.25, 0.3) is 0 Å². The predicted octanol–water partition coefficient (Wildman–Crippen LogP) is 4.59. The molecule has 0 aliphatic heterocycles. The molecule has 0 radical (unpaired) electrons. The molecule has 3 aromatic rings. The Morgan fingerprint density at radius 3 is 2.77 bits per heavy atom. The Balaban J connectivity index is 0.00000320. The molecule has 0 atom stereocenters. The van der Waals surface area contributed by atoms with Crippen molar-refractivity contribution in [1.82, 2.24) is 25.0 Å². The predicted molar refractivity (Wildman–Crippen MR) is 137 cm³/mol. The largest absolute Gasteiger partial charge is 0.361 e. The van der Waals surface area contributed by atoms with Crippen LogP contribution in [0.4, 0.5) is 0 Å². The maximum absolute atomic E-state index is 4.88. The van der Waals surface area contributed by atoms with Gasteiger partial charge in [-0.05, 0) is 43.4 Å². The summed E-state index contributed by atoms with van der Waals surface area (Å²) in [6.45, 7) is 11.0. The van der Waals surface area contributed by atoms with Crippen molar-refractivity contribution in [2.45, 2.75) is 46.6 Å². The summed E-state index contributed by atoms with van der Waals surface area (Å²) in [5.41, 5.74) is 6.20. The van der Waals surface area contributed by atoms with Gasteiger partial charge in [-0.15, -0.1) is 24.0 Å². The number of H-pyrrole nitrogens is 1. The fourth-order valence-corrected chi connectivity index (χ4v) is 3.75. The number of guanidine groups is 1. The molecule has 2 aromatic heterocycles. The lowest BCUT2D eigenvalue weighted by Gasteiger charge is -2.22. The molecule has 0 saturated carbocycles. The average Bonchev–Trinajstić information content (AvgIpc) is 3.23. The van der Waals surface area contributed by atoms with E-state index in [0.29, 0.717) is 5.92 Å². The summed E-state index contributed by atoms with van der Waals surface area (Å²) in [6, 6.07) is 6.56. The number of aromatic amines is 1. The van der Waals surface area contributed by atoms with E-state index in [9.17, 15) is 0 Å². The van der Waals surface area contributed by atoms with Crippen LogP contribution in [0.15, 0.2) is 35.6 Å². The zero-order valence-electron chi connectivity index (χ0n) is 19.0. The third kappa shape index (κ3) is 5.77. The van der Waals surface area contributed by atoms with E-state index in [4.69, 9.17) is 4.99 Å². The van der Waals surface area contributed by atoms with Crippen LogP contribution in [0.2, 0.25) is 0 Å². The van der Waals surface area contributed by atoms with Gasteiger partial charge in [-0.2, -0.15) is 5.10 Å². The van der Waals surface area contributed by atoms with E-state index in [2.05, 4.69) is 85.6 Å². The number of rotatable bonds is 7. The normalized spacial score (nSPS) is 11.8. The van der Waals surface area contributed by atoms with E-state index >= 15 is 0 Å². The highest BCUT2D eigenvalue weighted by atomic mass is 127.